The molecule has 0 spiro atoms. The van der Waals surface area contributed by atoms with Gasteiger partial charge in [0.2, 0.25) is 11.6 Å². The number of fused-ring (bicyclic) bond motifs is 1. The molecular weight excluding hydrogens is 316 g/mol. The average molecular weight is 344 g/mol. The van der Waals surface area contributed by atoms with Crippen LogP contribution in [0.1, 0.15) is 80.6 Å². The first-order chi connectivity index (χ1) is 12.1. The minimum absolute atomic E-state index is 0.0507. The normalized spacial score (nSPS) is 14.0. The number of benzene rings is 1. The van der Waals surface area contributed by atoms with Crippen molar-refractivity contribution in [2.75, 3.05) is 7.11 Å². The maximum atomic E-state index is 12.3. The topological polar surface area (TPSA) is 63.6 Å². The van der Waals surface area contributed by atoms with Crippen molar-refractivity contribution in [3.05, 3.63) is 34.9 Å². The third-order valence-corrected chi connectivity index (χ3v) is 4.77. The summed E-state index contributed by atoms with van der Waals surface area (Å²) >= 11 is 0. The number of unbranched alkanes of at least 4 members (excludes halogenated alkanes) is 7. The smallest absolute Gasteiger partial charge is 0.234 e. The summed E-state index contributed by atoms with van der Waals surface area (Å²) in [4.78, 5) is 24.7. The second kappa shape index (κ2) is 9.40. The van der Waals surface area contributed by atoms with Crippen molar-refractivity contribution in [2.45, 2.75) is 64.7 Å². The zero-order valence-electron chi connectivity index (χ0n) is 15.3. The van der Waals surface area contributed by atoms with E-state index in [-0.39, 0.29) is 16.9 Å². The van der Waals surface area contributed by atoms with Crippen LogP contribution in [-0.2, 0) is 4.79 Å². The van der Waals surface area contributed by atoms with Crippen molar-refractivity contribution in [1.82, 2.24) is 0 Å². The number of allylic oxidation sites excluding steroid dienone is 1. The second-order valence-electron chi connectivity index (χ2n) is 6.62. The molecule has 1 aromatic carbocycles. The average Bonchev–Trinajstić information content (AvgIpc) is 2.64. The fraction of sp³-hybridized carbons (Fsp3) is 0.524. The Bertz CT molecular complexity index is 658. The van der Waals surface area contributed by atoms with Gasteiger partial charge in [0.1, 0.15) is 11.5 Å². The molecule has 0 heterocycles. The highest BCUT2D eigenvalue weighted by Gasteiger charge is 2.32. The fourth-order valence-corrected chi connectivity index (χ4v) is 3.24. The third kappa shape index (κ3) is 4.71. The van der Waals surface area contributed by atoms with E-state index in [0.717, 1.165) is 19.3 Å². The van der Waals surface area contributed by atoms with E-state index < -0.39 is 11.6 Å². The zero-order valence-corrected chi connectivity index (χ0v) is 15.3. The Labute approximate surface area is 149 Å². The summed E-state index contributed by atoms with van der Waals surface area (Å²) in [5.41, 5.74) is 0.912. The number of methoxy groups -OCH3 is 1. The van der Waals surface area contributed by atoms with Gasteiger partial charge in [-0.2, -0.15) is 0 Å². The summed E-state index contributed by atoms with van der Waals surface area (Å²) in [6.45, 7) is 2.21. The Hall–Kier alpha value is -2.10. The Kier molecular flexibility index (Phi) is 7.23. The first-order valence-corrected chi connectivity index (χ1v) is 9.29. The summed E-state index contributed by atoms with van der Waals surface area (Å²) in [6, 6.07) is 4.84. The molecule has 0 saturated carbocycles. The molecule has 4 heteroatoms. The molecule has 0 radical (unpaired) electrons. The summed E-state index contributed by atoms with van der Waals surface area (Å²) in [5, 5.41) is 10.4. The van der Waals surface area contributed by atoms with Gasteiger partial charge in [-0.3, -0.25) is 9.59 Å². The highest BCUT2D eigenvalue weighted by molar-refractivity contribution is 6.52. The van der Waals surface area contributed by atoms with Crippen LogP contribution in [-0.4, -0.2) is 23.8 Å². The molecule has 1 aliphatic rings. The number of rotatable bonds is 10. The highest BCUT2D eigenvalue weighted by Crippen LogP contribution is 2.32. The van der Waals surface area contributed by atoms with Gasteiger partial charge in [0.25, 0.3) is 0 Å². The molecule has 0 amide bonds. The maximum absolute atomic E-state index is 12.3. The van der Waals surface area contributed by atoms with E-state index in [4.69, 9.17) is 4.74 Å². The lowest BCUT2D eigenvalue weighted by molar-refractivity contribution is -0.112. The maximum Gasteiger partial charge on any atom is 0.234 e. The molecule has 0 unspecified atom stereocenters. The molecule has 0 bridgehead atoms. The van der Waals surface area contributed by atoms with Gasteiger partial charge in [-0.1, -0.05) is 51.9 Å². The van der Waals surface area contributed by atoms with Gasteiger partial charge in [-0.05, 0) is 31.0 Å². The standard InChI is InChI=1S/C21H28O4/c1-3-4-5-6-7-8-9-10-11-17-19(22)16-13-12-15(25-2)14-18(16)21(24)20(17)23/h12-14,22H,3-11H2,1-2H3. The van der Waals surface area contributed by atoms with Gasteiger partial charge in [0.15, 0.2) is 0 Å². The van der Waals surface area contributed by atoms with Crippen molar-refractivity contribution < 1.29 is 19.4 Å². The molecule has 1 N–H and O–H groups in total. The fourth-order valence-electron chi connectivity index (χ4n) is 3.24. The largest absolute Gasteiger partial charge is 0.507 e. The van der Waals surface area contributed by atoms with Crippen molar-refractivity contribution in [3.8, 4) is 5.75 Å². The number of aliphatic hydroxyl groups is 1. The van der Waals surface area contributed by atoms with Crippen molar-refractivity contribution in [3.63, 3.8) is 0 Å². The molecule has 4 nitrogen and oxygen atoms in total. The number of aliphatic hydroxyl groups excluding tert-OH is 1. The molecule has 1 aromatic rings. The lowest BCUT2D eigenvalue weighted by Crippen LogP contribution is -2.24. The van der Waals surface area contributed by atoms with Crippen LogP contribution in [0, 0.1) is 0 Å². The number of hydrogen-bond acceptors (Lipinski definition) is 4. The van der Waals surface area contributed by atoms with Gasteiger partial charge in [0, 0.05) is 16.7 Å². The van der Waals surface area contributed by atoms with Crippen LogP contribution in [0.5, 0.6) is 5.75 Å². The van der Waals surface area contributed by atoms with Crippen LogP contribution in [0.25, 0.3) is 5.76 Å². The molecule has 0 aromatic heterocycles. The van der Waals surface area contributed by atoms with E-state index >= 15 is 0 Å². The predicted molar refractivity (Wildman–Crippen MR) is 99.1 cm³/mol. The predicted octanol–water partition coefficient (Wildman–Crippen LogP) is 5.26. The summed E-state index contributed by atoms with van der Waals surface area (Å²) in [5.74, 6) is -0.688. The van der Waals surface area contributed by atoms with Gasteiger partial charge in [-0.25, -0.2) is 0 Å². The van der Waals surface area contributed by atoms with E-state index in [1.807, 2.05) is 0 Å². The third-order valence-electron chi connectivity index (χ3n) is 4.77. The first kappa shape index (κ1) is 19.2. The molecule has 25 heavy (non-hydrogen) atoms. The number of ketones is 2. The van der Waals surface area contributed by atoms with Crippen LogP contribution in [0.4, 0.5) is 0 Å². The monoisotopic (exact) mass is 344 g/mol. The minimum atomic E-state index is -0.582. The summed E-state index contributed by atoms with van der Waals surface area (Å²) in [7, 11) is 1.50. The molecule has 0 saturated heterocycles. The van der Waals surface area contributed by atoms with Crippen LogP contribution in [0.3, 0.4) is 0 Å². The van der Waals surface area contributed by atoms with Gasteiger partial charge in [-0.15, -0.1) is 0 Å². The quantitative estimate of drug-likeness (QED) is 0.464. The van der Waals surface area contributed by atoms with Crippen LogP contribution in [0.2, 0.25) is 0 Å². The van der Waals surface area contributed by atoms with Crippen LogP contribution in [0.15, 0.2) is 23.8 Å². The Morgan fingerprint density at radius 2 is 1.52 bits per heavy atom. The minimum Gasteiger partial charge on any atom is -0.507 e. The van der Waals surface area contributed by atoms with E-state index in [2.05, 4.69) is 6.92 Å². The van der Waals surface area contributed by atoms with E-state index in [0.29, 0.717) is 17.7 Å². The molecule has 2 rings (SSSR count). The highest BCUT2D eigenvalue weighted by atomic mass is 16.5. The van der Waals surface area contributed by atoms with Crippen LogP contribution >= 0.6 is 0 Å². The number of carbonyl (C=O) groups is 2. The summed E-state index contributed by atoms with van der Waals surface area (Å²) in [6.07, 6.45) is 9.71. The Morgan fingerprint density at radius 3 is 2.16 bits per heavy atom. The van der Waals surface area contributed by atoms with E-state index in [9.17, 15) is 14.7 Å². The zero-order chi connectivity index (χ0) is 18.2. The van der Waals surface area contributed by atoms with Crippen LogP contribution < -0.4 is 4.74 Å². The van der Waals surface area contributed by atoms with Gasteiger partial charge in [0.05, 0.1) is 7.11 Å². The molecular formula is C21H28O4. The SMILES string of the molecule is CCCCCCCCCCC1=C(O)c2ccc(OC)cc2C(=O)C1=O. The Balaban J connectivity index is 1.95. The molecule has 1 aliphatic carbocycles. The Morgan fingerprint density at radius 1 is 0.880 bits per heavy atom. The number of Topliss-reactive ketones (excluding diaryl/α,β-unsaturated/α-hetero) is 2. The number of ether oxygens (including phenoxy) is 1. The lowest BCUT2D eigenvalue weighted by atomic mass is 9.86. The molecule has 0 aliphatic heterocycles. The molecule has 136 valence electrons. The van der Waals surface area contributed by atoms with Crippen molar-refractivity contribution >= 4 is 17.3 Å². The van der Waals surface area contributed by atoms with Gasteiger partial charge >= 0.3 is 0 Å². The van der Waals surface area contributed by atoms with E-state index in [1.54, 1.807) is 12.1 Å². The number of hydrogen-bond donors (Lipinski definition) is 1. The first-order valence-electron chi connectivity index (χ1n) is 9.29. The lowest BCUT2D eigenvalue weighted by Gasteiger charge is -2.18. The molecule has 0 atom stereocenters. The van der Waals surface area contributed by atoms with E-state index in [1.165, 1.54) is 45.3 Å². The van der Waals surface area contributed by atoms with Gasteiger partial charge < -0.3 is 9.84 Å². The van der Waals surface area contributed by atoms with Crippen molar-refractivity contribution in [1.29, 1.82) is 0 Å². The van der Waals surface area contributed by atoms with Crippen molar-refractivity contribution in [2.24, 2.45) is 0 Å². The number of carbonyl (C=O) groups excluding carboxylic acids is 2. The second-order valence-corrected chi connectivity index (χ2v) is 6.62. The summed E-state index contributed by atoms with van der Waals surface area (Å²) < 4.78 is 5.09. The molecule has 0 fully saturated rings.